The van der Waals surface area contributed by atoms with Gasteiger partial charge in [-0.05, 0) is 29.8 Å². The van der Waals surface area contributed by atoms with E-state index < -0.39 is 0 Å². The molecule has 3 nitrogen and oxygen atoms in total. The van der Waals surface area contributed by atoms with Crippen molar-refractivity contribution in [3.05, 3.63) is 57.5 Å². The summed E-state index contributed by atoms with van der Waals surface area (Å²) in [5.41, 5.74) is 8.06. The summed E-state index contributed by atoms with van der Waals surface area (Å²) >= 11 is 18.2. The first-order valence-corrected chi connectivity index (χ1v) is 7.17. The van der Waals surface area contributed by atoms with Crippen molar-refractivity contribution in [2.75, 3.05) is 5.73 Å². The number of hydrogen-bond donors (Lipinski definition) is 1. The number of benzene rings is 2. The highest BCUT2D eigenvalue weighted by Gasteiger charge is 2.20. The maximum absolute atomic E-state index is 6.24. The lowest BCUT2D eigenvalue weighted by atomic mass is 10.0. The van der Waals surface area contributed by atoms with Crippen LogP contribution in [-0.2, 0) is 0 Å². The third kappa shape index (κ3) is 2.60. The molecule has 3 rings (SSSR count). The topological polar surface area (TPSA) is 52.0 Å². The fourth-order valence-electron chi connectivity index (χ4n) is 2.06. The van der Waals surface area contributed by atoms with E-state index >= 15 is 0 Å². The van der Waals surface area contributed by atoms with Crippen molar-refractivity contribution in [3.8, 4) is 22.5 Å². The van der Waals surface area contributed by atoms with Crippen molar-refractivity contribution in [3.63, 3.8) is 0 Å². The van der Waals surface area contributed by atoms with Gasteiger partial charge in [0.25, 0.3) is 0 Å². The molecular weight excluding hydrogens is 331 g/mol. The van der Waals surface area contributed by atoms with Crippen molar-refractivity contribution in [1.29, 1.82) is 0 Å². The van der Waals surface area contributed by atoms with Gasteiger partial charge in [0.05, 0.1) is 15.6 Å². The molecule has 0 atom stereocenters. The first-order chi connectivity index (χ1) is 10.1. The summed E-state index contributed by atoms with van der Waals surface area (Å²) in [7, 11) is 0. The van der Waals surface area contributed by atoms with Gasteiger partial charge in [-0.2, -0.15) is 0 Å². The van der Waals surface area contributed by atoms with Crippen LogP contribution in [0.5, 0.6) is 0 Å². The molecular formula is C15H9Cl3N2O. The van der Waals surface area contributed by atoms with Crippen LogP contribution >= 0.6 is 34.8 Å². The van der Waals surface area contributed by atoms with Gasteiger partial charge < -0.3 is 10.3 Å². The van der Waals surface area contributed by atoms with Crippen molar-refractivity contribution >= 4 is 40.6 Å². The number of rotatable bonds is 2. The molecule has 0 amide bonds. The highest BCUT2D eigenvalue weighted by molar-refractivity contribution is 6.43. The van der Waals surface area contributed by atoms with E-state index in [0.29, 0.717) is 32.0 Å². The average Bonchev–Trinajstić information content (AvgIpc) is 2.85. The standard InChI is InChI=1S/C15H9Cl3N2O/c16-9-6-4-8(5-7-9)12-14(21-20-15(12)19)10-2-1-3-11(17)13(10)18/h1-7H,(H2,19,20). The lowest BCUT2D eigenvalue weighted by Crippen LogP contribution is -1.89. The van der Waals surface area contributed by atoms with E-state index in [1.54, 1.807) is 30.3 Å². The van der Waals surface area contributed by atoms with Crippen LogP contribution in [0.1, 0.15) is 0 Å². The highest BCUT2D eigenvalue weighted by atomic mass is 35.5. The van der Waals surface area contributed by atoms with E-state index in [2.05, 4.69) is 5.16 Å². The van der Waals surface area contributed by atoms with Gasteiger partial charge in [0.1, 0.15) is 0 Å². The molecule has 0 saturated heterocycles. The minimum Gasteiger partial charge on any atom is -0.380 e. The lowest BCUT2D eigenvalue weighted by molar-refractivity contribution is 0.436. The molecule has 6 heteroatoms. The Balaban J connectivity index is 2.22. The molecule has 1 aromatic heterocycles. The van der Waals surface area contributed by atoms with Crippen LogP contribution < -0.4 is 5.73 Å². The Morgan fingerprint density at radius 2 is 1.67 bits per heavy atom. The smallest absolute Gasteiger partial charge is 0.178 e. The van der Waals surface area contributed by atoms with Gasteiger partial charge in [0.2, 0.25) is 0 Å². The maximum Gasteiger partial charge on any atom is 0.178 e. The summed E-state index contributed by atoms with van der Waals surface area (Å²) in [6, 6.07) is 12.5. The molecule has 0 aliphatic carbocycles. The average molecular weight is 340 g/mol. The number of halogens is 3. The van der Waals surface area contributed by atoms with E-state index in [4.69, 9.17) is 45.1 Å². The number of nitrogens with zero attached hydrogens (tertiary/aromatic N) is 1. The molecule has 0 bridgehead atoms. The fourth-order valence-corrected chi connectivity index (χ4v) is 2.57. The molecule has 3 aromatic rings. The van der Waals surface area contributed by atoms with E-state index in [9.17, 15) is 0 Å². The minimum atomic E-state index is 0.281. The number of anilines is 1. The van der Waals surface area contributed by atoms with Crippen molar-refractivity contribution < 1.29 is 4.52 Å². The highest BCUT2D eigenvalue weighted by Crippen LogP contribution is 2.41. The summed E-state index contributed by atoms with van der Waals surface area (Å²) in [6.45, 7) is 0. The molecule has 106 valence electrons. The molecule has 0 radical (unpaired) electrons. The van der Waals surface area contributed by atoms with Gasteiger partial charge >= 0.3 is 0 Å². The van der Waals surface area contributed by atoms with Crippen LogP contribution in [0, 0.1) is 0 Å². The molecule has 0 unspecified atom stereocenters. The number of aromatic nitrogens is 1. The second-order valence-electron chi connectivity index (χ2n) is 4.38. The van der Waals surface area contributed by atoms with Crippen LogP contribution in [0.4, 0.5) is 5.82 Å². The first kappa shape index (κ1) is 14.3. The zero-order valence-electron chi connectivity index (χ0n) is 10.6. The predicted molar refractivity (Wildman–Crippen MR) is 86.8 cm³/mol. The molecule has 2 N–H and O–H groups in total. The van der Waals surface area contributed by atoms with Crippen LogP contribution in [0.25, 0.3) is 22.5 Å². The second kappa shape index (κ2) is 5.60. The van der Waals surface area contributed by atoms with Gasteiger partial charge in [0, 0.05) is 10.6 Å². The summed E-state index contributed by atoms with van der Waals surface area (Å²) < 4.78 is 5.35. The molecule has 0 saturated carbocycles. The molecule has 1 heterocycles. The summed E-state index contributed by atoms with van der Waals surface area (Å²) in [5, 5.41) is 5.30. The summed E-state index contributed by atoms with van der Waals surface area (Å²) in [6.07, 6.45) is 0. The van der Waals surface area contributed by atoms with Gasteiger partial charge in [-0.15, -0.1) is 0 Å². The van der Waals surface area contributed by atoms with Crippen LogP contribution in [-0.4, -0.2) is 5.16 Å². The predicted octanol–water partition coefficient (Wildman–Crippen LogP) is 5.55. The number of hydrogen-bond acceptors (Lipinski definition) is 3. The van der Waals surface area contributed by atoms with E-state index in [-0.39, 0.29) is 5.82 Å². The largest absolute Gasteiger partial charge is 0.380 e. The zero-order valence-corrected chi connectivity index (χ0v) is 12.9. The number of nitrogen functional groups attached to an aromatic ring is 1. The molecule has 0 fully saturated rings. The SMILES string of the molecule is Nc1noc(-c2cccc(Cl)c2Cl)c1-c1ccc(Cl)cc1. The van der Waals surface area contributed by atoms with E-state index in [0.717, 1.165) is 5.56 Å². The molecule has 0 spiro atoms. The fraction of sp³-hybridized carbons (Fsp3) is 0. The Morgan fingerprint density at radius 1 is 0.952 bits per heavy atom. The zero-order chi connectivity index (χ0) is 15.0. The Kier molecular flexibility index (Phi) is 3.81. The summed E-state index contributed by atoms with van der Waals surface area (Å²) in [5.74, 6) is 0.755. The van der Waals surface area contributed by atoms with Crippen LogP contribution in [0.2, 0.25) is 15.1 Å². The Bertz CT molecular complexity index is 797. The van der Waals surface area contributed by atoms with Gasteiger partial charge in [0.15, 0.2) is 11.6 Å². The van der Waals surface area contributed by atoms with Crippen LogP contribution in [0.3, 0.4) is 0 Å². The Hall–Kier alpha value is -1.68. The Morgan fingerprint density at radius 3 is 2.38 bits per heavy atom. The first-order valence-electron chi connectivity index (χ1n) is 6.03. The third-order valence-electron chi connectivity index (χ3n) is 3.05. The second-order valence-corrected chi connectivity index (χ2v) is 5.60. The third-order valence-corrected chi connectivity index (χ3v) is 4.12. The summed E-state index contributed by atoms with van der Waals surface area (Å²) in [4.78, 5) is 0. The minimum absolute atomic E-state index is 0.281. The molecule has 2 aromatic carbocycles. The Labute approximate surface area is 136 Å². The van der Waals surface area contributed by atoms with Crippen molar-refractivity contribution in [2.24, 2.45) is 0 Å². The van der Waals surface area contributed by atoms with Gasteiger partial charge in [-0.1, -0.05) is 58.2 Å². The van der Waals surface area contributed by atoms with Crippen molar-refractivity contribution in [2.45, 2.75) is 0 Å². The van der Waals surface area contributed by atoms with Crippen molar-refractivity contribution in [1.82, 2.24) is 5.16 Å². The molecule has 21 heavy (non-hydrogen) atoms. The quantitative estimate of drug-likeness (QED) is 0.666. The monoisotopic (exact) mass is 338 g/mol. The maximum atomic E-state index is 6.24. The lowest BCUT2D eigenvalue weighted by Gasteiger charge is -2.06. The normalized spacial score (nSPS) is 10.8. The van der Waals surface area contributed by atoms with E-state index in [1.165, 1.54) is 0 Å². The van der Waals surface area contributed by atoms with Gasteiger partial charge in [-0.3, -0.25) is 0 Å². The van der Waals surface area contributed by atoms with Gasteiger partial charge in [-0.25, -0.2) is 0 Å². The molecule has 0 aliphatic rings. The van der Waals surface area contributed by atoms with Crippen LogP contribution in [0.15, 0.2) is 47.0 Å². The molecule has 0 aliphatic heterocycles. The number of nitrogens with two attached hydrogens (primary N) is 1. The van der Waals surface area contributed by atoms with E-state index in [1.807, 2.05) is 12.1 Å².